The van der Waals surface area contributed by atoms with E-state index in [1.807, 2.05) is 0 Å². The van der Waals surface area contributed by atoms with Crippen molar-refractivity contribution in [3.63, 3.8) is 0 Å². The average molecular weight is 757 g/mol. The van der Waals surface area contributed by atoms with Crippen molar-refractivity contribution in [1.82, 2.24) is 0 Å². The van der Waals surface area contributed by atoms with E-state index in [0.717, 1.165) is 0 Å². The first-order valence-corrected chi connectivity index (χ1v) is 21.3. The van der Waals surface area contributed by atoms with Crippen LogP contribution in [-0.2, 0) is 0 Å². The van der Waals surface area contributed by atoms with Gasteiger partial charge in [-0.1, -0.05) is 79.9 Å². The van der Waals surface area contributed by atoms with Gasteiger partial charge in [0.1, 0.15) is 0 Å². The van der Waals surface area contributed by atoms with Crippen LogP contribution in [0.2, 0.25) is 0 Å². The molecule has 0 bridgehead atoms. The third-order valence-electron chi connectivity index (χ3n) is 12.4. The molecule has 1 saturated carbocycles. The smallest absolute Gasteiger partial charge is 0.0546 e. The minimum atomic E-state index is 0.592. The first-order valence-electron chi connectivity index (χ1n) is 21.3. The Morgan fingerprint density at radius 2 is 0.690 bits per heavy atom. The van der Waals surface area contributed by atoms with E-state index >= 15 is 0 Å². The van der Waals surface area contributed by atoms with E-state index < -0.39 is 0 Å². The Labute approximate surface area is 345 Å². The number of hydrogen-bond acceptors (Lipinski definition) is 2. The molecular weight excluding hydrogens is 701 g/mol. The maximum Gasteiger partial charge on any atom is 0.0546 e. The molecule has 0 aromatic heterocycles. The van der Waals surface area contributed by atoms with E-state index in [1.54, 1.807) is 0 Å². The van der Waals surface area contributed by atoms with Gasteiger partial charge in [0.25, 0.3) is 0 Å². The maximum absolute atomic E-state index is 2.57. The van der Waals surface area contributed by atoms with Crippen molar-refractivity contribution in [3.05, 3.63) is 177 Å². The molecule has 9 rings (SSSR count). The number of nitrogens with zero attached hydrogens (tertiary/aromatic N) is 2. The molecule has 2 heteroatoms. The van der Waals surface area contributed by atoms with Crippen molar-refractivity contribution in [2.75, 3.05) is 9.80 Å². The molecule has 0 amide bonds. The van der Waals surface area contributed by atoms with Gasteiger partial charge in [-0.15, -0.1) is 0 Å². The molecule has 0 atom stereocenters. The molecule has 0 heterocycles. The third-order valence-corrected chi connectivity index (χ3v) is 12.4. The van der Waals surface area contributed by atoms with Gasteiger partial charge in [-0.3, -0.25) is 0 Å². The SMILES string of the molecule is Cc1cc(C)cc(N(c2cc(C)cc(C)c2)c2cc3c4ccc(C5CCCCC5)cc4c(N(c4cc(C)cc(C)c4)c4cc(C)cc(C)c4)cc3c3ccccc23)c1. The number of hydrogen-bond donors (Lipinski definition) is 0. The van der Waals surface area contributed by atoms with Gasteiger partial charge in [-0.25, -0.2) is 0 Å². The molecule has 290 valence electrons. The van der Waals surface area contributed by atoms with Gasteiger partial charge in [0.05, 0.1) is 11.4 Å². The van der Waals surface area contributed by atoms with Crippen LogP contribution in [0.1, 0.15) is 88.1 Å². The second kappa shape index (κ2) is 15.1. The van der Waals surface area contributed by atoms with Gasteiger partial charge in [-0.2, -0.15) is 0 Å². The summed E-state index contributed by atoms with van der Waals surface area (Å²) in [5.74, 6) is 0.592. The largest absolute Gasteiger partial charge is 0.310 e. The highest BCUT2D eigenvalue weighted by Gasteiger charge is 2.25. The van der Waals surface area contributed by atoms with Crippen molar-refractivity contribution in [1.29, 1.82) is 0 Å². The van der Waals surface area contributed by atoms with Gasteiger partial charge >= 0.3 is 0 Å². The normalized spacial score (nSPS) is 13.4. The highest BCUT2D eigenvalue weighted by Crippen LogP contribution is 2.49. The van der Waals surface area contributed by atoms with Crippen molar-refractivity contribution in [2.45, 2.75) is 93.4 Å². The predicted octanol–water partition coefficient (Wildman–Crippen LogP) is 16.6. The minimum Gasteiger partial charge on any atom is -0.310 e. The molecule has 1 aliphatic carbocycles. The molecule has 1 fully saturated rings. The second-order valence-corrected chi connectivity index (χ2v) is 17.6. The zero-order valence-electron chi connectivity index (χ0n) is 35.6. The van der Waals surface area contributed by atoms with E-state index in [1.165, 1.54) is 149 Å². The van der Waals surface area contributed by atoms with Crippen molar-refractivity contribution < 1.29 is 0 Å². The zero-order valence-corrected chi connectivity index (χ0v) is 35.6. The van der Waals surface area contributed by atoms with Crippen LogP contribution in [0.4, 0.5) is 34.1 Å². The topological polar surface area (TPSA) is 6.48 Å². The predicted molar refractivity (Wildman–Crippen MR) is 252 cm³/mol. The molecule has 0 unspecified atom stereocenters. The van der Waals surface area contributed by atoms with Crippen LogP contribution < -0.4 is 9.80 Å². The van der Waals surface area contributed by atoms with Gasteiger partial charge in [-0.05, 0) is 212 Å². The number of anilines is 6. The Bertz CT molecular complexity index is 2690. The summed E-state index contributed by atoms with van der Waals surface area (Å²) in [6.45, 7) is 17.7. The Balaban J connectivity index is 1.41. The maximum atomic E-state index is 2.57. The lowest BCUT2D eigenvalue weighted by Crippen LogP contribution is -2.13. The van der Waals surface area contributed by atoms with E-state index in [9.17, 15) is 0 Å². The summed E-state index contributed by atoms with van der Waals surface area (Å²) in [7, 11) is 0. The van der Waals surface area contributed by atoms with Gasteiger partial charge < -0.3 is 9.80 Å². The van der Waals surface area contributed by atoms with Crippen LogP contribution in [0.5, 0.6) is 0 Å². The Hall–Kier alpha value is -5.86. The highest BCUT2D eigenvalue weighted by molar-refractivity contribution is 6.24. The highest BCUT2D eigenvalue weighted by atomic mass is 15.2. The molecule has 0 N–H and O–H groups in total. The van der Waals surface area contributed by atoms with Crippen molar-refractivity contribution in [3.8, 4) is 0 Å². The standard InChI is InChI=1S/C56H56N2/c1-35-20-36(2)25-45(24-35)57(46-26-37(3)21-38(4)27-46)55-33-53-50-19-18-44(43-14-10-9-11-15-43)32-54(50)56(34-52(53)49-16-12-13-17-51(49)55)58(47-28-39(5)22-40(6)29-47)48-30-41(7)23-42(8)31-48/h12-13,16-34,43H,9-11,14-15H2,1-8H3. The Kier molecular flexibility index (Phi) is 9.84. The summed E-state index contributed by atoms with van der Waals surface area (Å²) in [4.78, 5) is 5.06. The van der Waals surface area contributed by atoms with Crippen LogP contribution in [0, 0.1) is 55.4 Å². The molecule has 8 aromatic carbocycles. The summed E-state index contributed by atoms with van der Waals surface area (Å²) in [5.41, 5.74) is 18.8. The lowest BCUT2D eigenvalue weighted by molar-refractivity contribution is 0.444. The van der Waals surface area contributed by atoms with Gasteiger partial charge in [0.15, 0.2) is 0 Å². The average Bonchev–Trinajstić information content (AvgIpc) is 3.17. The molecule has 58 heavy (non-hydrogen) atoms. The fourth-order valence-electron chi connectivity index (χ4n) is 10.2. The molecule has 0 radical (unpaired) electrons. The Morgan fingerprint density at radius 3 is 1.10 bits per heavy atom. The second-order valence-electron chi connectivity index (χ2n) is 17.6. The third kappa shape index (κ3) is 7.15. The van der Waals surface area contributed by atoms with Gasteiger partial charge in [0, 0.05) is 33.5 Å². The summed E-state index contributed by atoms with van der Waals surface area (Å²) >= 11 is 0. The quantitative estimate of drug-likeness (QED) is 0.149. The molecular formula is C56H56N2. The fourth-order valence-corrected chi connectivity index (χ4v) is 10.2. The fraction of sp³-hybridized carbons (Fsp3) is 0.250. The first-order chi connectivity index (χ1) is 28.0. The summed E-state index contributed by atoms with van der Waals surface area (Å²) in [6, 6.07) is 49.5. The monoisotopic (exact) mass is 756 g/mol. The minimum absolute atomic E-state index is 0.592. The van der Waals surface area contributed by atoms with E-state index in [0.29, 0.717) is 5.92 Å². The number of benzene rings is 8. The zero-order chi connectivity index (χ0) is 40.2. The van der Waals surface area contributed by atoms with Crippen LogP contribution in [-0.4, -0.2) is 0 Å². The number of rotatable bonds is 7. The summed E-state index contributed by atoms with van der Waals surface area (Å²) < 4.78 is 0. The van der Waals surface area contributed by atoms with Crippen molar-refractivity contribution >= 4 is 66.4 Å². The van der Waals surface area contributed by atoms with Crippen molar-refractivity contribution in [2.24, 2.45) is 0 Å². The van der Waals surface area contributed by atoms with Crippen LogP contribution >= 0.6 is 0 Å². The number of fused-ring (bicyclic) bond motifs is 5. The lowest BCUT2D eigenvalue weighted by atomic mass is 9.83. The summed E-state index contributed by atoms with van der Waals surface area (Å²) in [5, 5.41) is 7.64. The van der Waals surface area contributed by atoms with Gasteiger partial charge in [0.2, 0.25) is 0 Å². The number of aryl methyl sites for hydroxylation is 8. The Morgan fingerprint density at radius 1 is 0.328 bits per heavy atom. The molecule has 2 nitrogen and oxygen atoms in total. The molecule has 0 aliphatic heterocycles. The molecule has 0 spiro atoms. The van der Waals surface area contributed by atoms with E-state index in [-0.39, 0.29) is 0 Å². The first kappa shape index (κ1) is 37.7. The molecule has 8 aromatic rings. The van der Waals surface area contributed by atoms with Crippen LogP contribution in [0.15, 0.2) is 127 Å². The van der Waals surface area contributed by atoms with E-state index in [4.69, 9.17) is 0 Å². The van der Waals surface area contributed by atoms with Crippen LogP contribution in [0.3, 0.4) is 0 Å². The lowest BCUT2D eigenvalue weighted by Gasteiger charge is -2.31. The van der Waals surface area contributed by atoms with E-state index in [2.05, 4.69) is 193 Å². The molecule has 0 saturated heterocycles. The summed E-state index contributed by atoms with van der Waals surface area (Å²) in [6.07, 6.45) is 6.50. The van der Waals surface area contributed by atoms with Crippen LogP contribution in [0.25, 0.3) is 32.3 Å². The molecule has 1 aliphatic rings.